The van der Waals surface area contributed by atoms with E-state index in [2.05, 4.69) is 31.9 Å². The molecule has 0 spiro atoms. The summed E-state index contributed by atoms with van der Waals surface area (Å²) in [6.45, 7) is 1.84. The van der Waals surface area contributed by atoms with Crippen LogP contribution in [0.5, 0.6) is 17.2 Å². The summed E-state index contributed by atoms with van der Waals surface area (Å²) in [5.41, 5.74) is 0.992. The van der Waals surface area contributed by atoms with E-state index >= 15 is 0 Å². The summed E-state index contributed by atoms with van der Waals surface area (Å²) in [5, 5.41) is 29.6. The van der Waals surface area contributed by atoms with Gasteiger partial charge in [-0.2, -0.15) is 0 Å². The van der Waals surface area contributed by atoms with E-state index in [1.807, 2.05) is 6.92 Å². The maximum Gasteiger partial charge on any atom is 0.197 e. The third kappa shape index (κ3) is 2.67. The Morgan fingerprint density at radius 2 is 1.62 bits per heavy atom. The second-order valence-electron chi connectivity index (χ2n) is 5.21. The second kappa shape index (κ2) is 6.14. The van der Waals surface area contributed by atoms with Gasteiger partial charge in [0.1, 0.15) is 17.1 Å². The molecule has 0 unspecified atom stereocenters. The van der Waals surface area contributed by atoms with Crippen LogP contribution in [0.1, 0.15) is 28.6 Å². The van der Waals surface area contributed by atoms with Crippen LogP contribution in [0.25, 0.3) is 11.0 Å². The van der Waals surface area contributed by atoms with E-state index in [4.69, 9.17) is 4.42 Å². The third-order valence-electron chi connectivity index (χ3n) is 3.69. The van der Waals surface area contributed by atoms with Crippen LogP contribution in [0.4, 0.5) is 0 Å². The molecule has 3 N–H and O–H groups in total. The number of benzene rings is 2. The highest BCUT2D eigenvalue weighted by molar-refractivity contribution is 9.11. The first-order valence-corrected chi connectivity index (χ1v) is 8.62. The van der Waals surface area contributed by atoms with Gasteiger partial charge in [-0.3, -0.25) is 4.79 Å². The van der Waals surface area contributed by atoms with Crippen LogP contribution in [0.2, 0.25) is 0 Å². The van der Waals surface area contributed by atoms with Gasteiger partial charge >= 0.3 is 0 Å². The third-order valence-corrected chi connectivity index (χ3v) is 4.89. The average Bonchev–Trinajstić information content (AvgIpc) is 2.89. The number of carbonyl (C=O) groups excluding carboxylic acids is 1. The van der Waals surface area contributed by atoms with Gasteiger partial charge < -0.3 is 19.7 Å². The molecule has 0 aliphatic rings. The molecule has 24 heavy (non-hydrogen) atoms. The van der Waals surface area contributed by atoms with Crippen LogP contribution in [-0.2, 0) is 6.42 Å². The maximum atomic E-state index is 13.0. The van der Waals surface area contributed by atoms with Gasteiger partial charge in [-0.1, -0.05) is 6.92 Å². The minimum atomic E-state index is -0.326. The van der Waals surface area contributed by atoms with Crippen LogP contribution in [0.3, 0.4) is 0 Å². The van der Waals surface area contributed by atoms with Crippen LogP contribution in [0, 0.1) is 0 Å². The van der Waals surface area contributed by atoms with Crippen LogP contribution in [-0.4, -0.2) is 21.1 Å². The first-order chi connectivity index (χ1) is 11.3. The summed E-state index contributed by atoms with van der Waals surface area (Å²) >= 11 is 6.41. The fraction of sp³-hybridized carbons (Fsp3) is 0.118. The van der Waals surface area contributed by atoms with Crippen molar-refractivity contribution in [3.8, 4) is 17.2 Å². The zero-order chi connectivity index (χ0) is 17.6. The van der Waals surface area contributed by atoms with Crippen molar-refractivity contribution in [2.24, 2.45) is 0 Å². The maximum absolute atomic E-state index is 13.0. The molecule has 0 bridgehead atoms. The fourth-order valence-corrected chi connectivity index (χ4v) is 3.70. The van der Waals surface area contributed by atoms with E-state index in [0.29, 0.717) is 43.2 Å². The largest absolute Gasteiger partial charge is 0.506 e. The van der Waals surface area contributed by atoms with Gasteiger partial charge in [0.25, 0.3) is 0 Å². The number of phenolic OH excluding ortho intramolecular Hbond substituents is 3. The predicted molar refractivity (Wildman–Crippen MR) is 95.9 cm³/mol. The van der Waals surface area contributed by atoms with Crippen LogP contribution >= 0.6 is 31.9 Å². The number of halogens is 2. The van der Waals surface area contributed by atoms with Crippen molar-refractivity contribution in [2.75, 3.05) is 0 Å². The summed E-state index contributed by atoms with van der Waals surface area (Å²) in [6, 6.07) is 5.62. The van der Waals surface area contributed by atoms with Crippen molar-refractivity contribution in [1.82, 2.24) is 0 Å². The molecule has 0 saturated heterocycles. The van der Waals surface area contributed by atoms with E-state index < -0.39 is 0 Å². The Morgan fingerprint density at radius 3 is 2.21 bits per heavy atom. The Morgan fingerprint density at radius 1 is 1.04 bits per heavy atom. The number of rotatable bonds is 3. The first-order valence-electron chi connectivity index (χ1n) is 7.03. The van der Waals surface area contributed by atoms with Crippen molar-refractivity contribution in [3.63, 3.8) is 0 Å². The monoisotopic (exact) mass is 454 g/mol. The highest BCUT2D eigenvalue weighted by Gasteiger charge is 2.23. The molecular formula is C17H12Br2O5. The van der Waals surface area contributed by atoms with Crippen LogP contribution in [0.15, 0.2) is 37.6 Å². The van der Waals surface area contributed by atoms with Crippen molar-refractivity contribution >= 4 is 48.6 Å². The highest BCUT2D eigenvalue weighted by Crippen LogP contribution is 2.38. The minimum absolute atomic E-state index is 0.00174. The molecule has 0 amide bonds. The van der Waals surface area contributed by atoms with Gasteiger partial charge in [-0.05, 0) is 50.1 Å². The molecule has 1 heterocycles. The SMILES string of the molecule is CCc1oc2cc(O)c(O)cc2c1C(=O)c1cc(Br)c(O)c(Br)c1. The Kier molecular flexibility index (Phi) is 4.31. The van der Waals surface area contributed by atoms with E-state index in [9.17, 15) is 20.1 Å². The van der Waals surface area contributed by atoms with Gasteiger partial charge in [0.2, 0.25) is 0 Å². The van der Waals surface area contributed by atoms with Gasteiger partial charge in [0, 0.05) is 23.4 Å². The lowest BCUT2D eigenvalue weighted by atomic mass is 9.99. The average molecular weight is 456 g/mol. The molecule has 0 aliphatic carbocycles. The molecule has 124 valence electrons. The number of aromatic hydroxyl groups is 3. The molecule has 0 radical (unpaired) electrons. The number of aryl methyl sites for hydroxylation is 1. The molecule has 3 aromatic rings. The molecule has 7 heteroatoms. The van der Waals surface area contributed by atoms with E-state index in [1.54, 1.807) is 0 Å². The van der Waals surface area contributed by atoms with Gasteiger partial charge in [-0.15, -0.1) is 0 Å². The number of phenols is 3. The van der Waals surface area contributed by atoms with Crippen LogP contribution < -0.4 is 0 Å². The molecule has 2 aromatic carbocycles. The quantitative estimate of drug-likeness (QED) is 0.387. The molecule has 0 aliphatic heterocycles. The standard InChI is InChI=1S/C17H12Br2O5/c1-2-13-15(8-5-11(20)12(21)6-14(8)24-13)16(22)7-3-9(18)17(23)10(19)4-7/h3-6,20-21,23H,2H2,1H3. The van der Waals surface area contributed by atoms with Crippen molar-refractivity contribution in [1.29, 1.82) is 0 Å². The van der Waals surface area contributed by atoms with Gasteiger partial charge in [0.15, 0.2) is 17.3 Å². The summed E-state index contributed by atoms with van der Waals surface area (Å²) in [7, 11) is 0. The lowest BCUT2D eigenvalue weighted by molar-refractivity contribution is 0.103. The van der Waals surface area contributed by atoms with E-state index in [1.165, 1.54) is 24.3 Å². The molecule has 0 atom stereocenters. The van der Waals surface area contributed by atoms with E-state index in [0.717, 1.165) is 0 Å². The fourth-order valence-electron chi connectivity index (χ4n) is 2.51. The zero-order valence-corrected chi connectivity index (χ0v) is 15.6. The Balaban J connectivity index is 2.25. The number of fused-ring (bicyclic) bond motifs is 1. The smallest absolute Gasteiger partial charge is 0.197 e. The second-order valence-corrected chi connectivity index (χ2v) is 6.92. The lowest BCUT2D eigenvalue weighted by Crippen LogP contribution is -2.03. The topological polar surface area (TPSA) is 90.9 Å². The summed E-state index contributed by atoms with van der Waals surface area (Å²) in [4.78, 5) is 13.0. The first kappa shape index (κ1) is 16.9. The summed E-state index contributed by atoms with van der Waals surface area (Å²) in [6.07, 6.45) is 0.470. The molecule has 1 aromatic heterocycles. The molecule has 3 rings (SSSR count). The Hall–Kier alpha value is -1.99. The Bertz CT molecular complexity index is 952. The van der Waals surface area contributed by atoms with Gasteiger partial charge in [0.05, 0.1) is 14.5 Å². The zero-order valence-electron chi connectivity index (χ0n) is 12.4. The number of furan rings is 1. The van der Waals surface area contributed by atoms with Gasteiger partial charge in [-0.25, -0.2) is 0 Å². The number of ketones is 1. The number of carbonyl (C=O) groups is 1. The predicted octanol–water partition coefficient (Wildman–Crippen LogP) is 4.87. The number of hydrogen-bond donors (Lipinski definition) is 3. The molecule has 5 nitrogen and oxygen atoms in total. The molecular weight excluding hydrogens is 444 g/mol. The Labute approximate surface area is 153 Å². The summed E-state index contributed by atoms with van der Waals surface area (Å²) < 4.78 is 6.41. The van der Waals surface area contributed by atoms with Crippen molar-refractivity contribution in [2.45, 2.75) is 13.3 Å². The number of hydrogen-bond acceptors (Lipinski definition) is 5. The molecule has 0 fully saturated rings. The highest BCUT2D eigenvalue weighted by atomic mass is 79.9. The lowest BCUT2D eigenvalue weighted by Gasteiger charge is -2.06. The normalized spacial score (nSPS) is 11.1. The van der Waals surface area contributed by atoms with Crippen molar-refractivity contribution in [3.05, 3.63) is 50.1 Å². The van der Waals surface area contributed by atoms with E-state index in [-0.39, 0.29) is 23.0 Å². The van der Waals surface area contributed by atoms with Crippen molar-refractivity contribution < 1.29 is 24.5 Å². The summed E-state index contributed by atoms with van der Waals surface area (Å²) in [5.74, 6) is -0.486. The minimum Gasteiger partial charge on any atom is -0.506 e. The molecule has 0 saturated carbocycles.